The van der Waals surface area contributed by atoms with E-state index in [-0.39, 0.29) is 12.1 Å². The smallest absolute Gasteiger partial charge is 0.319 e. The number of nitrogens with zero attached hydrogens (tertiary/aromatic N) is 3. The highest BCUT2D eigenvalue weighted by atomic mass is 32.1. The SMILES string of the molecule is O=C(Nc1ccc(Oc2ccccc2)cc1)NC1CCN(c2ncnc3ccsc23)CC1. The number of fused-ring (bicyclic) bond motifs is 1. The van der Waals surface area contributed by atoms with Gasteiger partial charge in [0.05, 0.1) is 10.2 Å². The molecule has 1 aliphatic heterocycles. The number of amides is 2. The third kappa shape index (κ3) is 4.65. The first kappa shape index (κ1) is 20.3. The summed E-state index contributed by atoms with van der Waals surface area (Å²) in [5, 5.41) is 8.04. The lowest BCUT2D eigenvalue weighted by molar-refractivity contribution is 0.246. The predicted molar refractivity (Wildman–Crippen MR) is 128 cm³/mol. The van der Waals surface area contributed by atoms with E-state index < -0.39 is 0 Å². The minimum Gasteiger partial charge on any atom is -0.457 e. The molecule has 2 N–H and O–H groups in total. The van der Waals surface area contributed by atoms with Crippen LogP contribution in [-0.2, 0) is 0 Å². The number of para-hydroxylation sites is 1. The molecule has 0 spiro atoms. The van der Waals surface area contributed by atoms with Gasteiger partial charge >= 0.3 is 6.03 Å². The van der Waals surface area contributed by atoms with Gasteiger partial charge in [0.2, 0.25) is 0 Å². The second kappa shape index (κ2) is 9.23. The normalized spacial score (nSPS) is 14.3. The molecule has 8 heteroatoms. The molecule has 1 aliphatic rings. The monoisotopic (exact) mass is 445 g/mol. The molecule has 0 bridgehead atoms. The Hall–Kier alpha value is -3.65. The van der Waals surface area contributed by atoms with E-state index in [4.69, 9.17) is 4.74 Å². The summed E-state index contributed by atoms with van der Waals surface area (Å²) in [4.78, 5) is 23.6. The van der Waals surface area contributed by atoms with E-state index in [0.717, 1.165) is 59.2 Å². The van der Waals surface area contributed by atoms with E-state index in [1.807, 2.05) is 66.0 Å². The average molecular weight is 446 g/mol. The summed E-state index contributed by atoms with van der Waals surface area (Å²) in [6, 6.07) is 18.9. The van der Waals surface area contributed by atoms with Crippen LogP contribution in [0.2, 0.25) is 0 Å². The first-order valence-electron chi connectivity index (χ1n) is 10.6. The van der Waals surface area contributed by atoms with Crippen LogP contribution in [0.1, 0.15) is 12.8 Å². The molecule has 2 aromatic heterocycles. The summed E-state index contributed by atoms with van der Waals surface area (Å²) < 4.78 is 6.91. The number of urea groups is 1. The fraction of sp³-hybridized carbons (Fsp3) is 0.208. The molecule has 2 aromatic carbocycles. The Morgan fingerprint density at radius 3 is 2.50 bits per heavy atom. The van der Waals surface area contributed by atoms with Crippen LogP contribution in [0.4, 0.5) is 16.3 Å². The van der Waals surface area contributed by atoms with Gasteiger partial charge < -0.3 is 20.3 Å². The van der Waals surface area contributed by atoms with Gasteiger partial charge in [0.1, 0.15) is 23.6 Å². The molecule has 0 unspecified atom stereocenters. The highest BCUT2D eigenvalue weighted by molar-refractivity contribution is 7.17. The van der Waals surface area contributed by atoms with E-state index in [9.17, 15) is 4.79 Å². The largest absolute Gasteiger partial charge is 0.457 e. The number of carbonyl (C=O) groups is 1. The van der Waals surface area contributed by atoms with Crippen molar-refractivity contribution in [3.63, 3.8) is 0 Å². The van der Waals surface area contributed by atoms with Crippen molar-refractivity contribution in [1.82, 2.24) is 15.3 Å². The second-order valence-corrected chi connectivity index (χ2v) is 8.55. The maximum Gasteiger partial charge on any atom is 0.319 e. The van der Waals surface area contributed by atoms with Gasteiger partial charge in [0, 0.05) is 24.8 Å². The molecule has 7 nitrogen and oxygen atoms in total. The summed E-state index contributed by atoms with van der Waals surface area (Å²) in [5.41, 5.74) is 1.71. The number of nitrogens with one attached hydrogen (secondary N) is 2. The van der Waals surface area contributed by atoms with Crippen LogP contribution in [0.15, 0.2) is 72.4 Å². The van der Waals surface area contributed by atoms with Gasteiger partial charge in [0.15, 0.2) is 0 Å². The summed E-state index contributed by atoms with van der Waals surface area (Å²) in [6.45, 7) is 1.70. The molecule has 1 fully saturated rings. The molecule has 32 heavy (non-hydrogen) atoms. The standard InChI is InChI=1S/C24H23N5O2S/c30-24(27-17-6-8-20(9-7-17)31-19-4-2-1-3-5-19)28-18-10-13-29(14-11-18)23-22-21(12-15-32-22)25-16-26-23/h1-9,12,15-16,18H,10-11,13-14H2,(H2,27,28,30). The maximum atomic E-state index is 12.5. The molecule has 4 aromatic rings. The number of hydrogen-bond acceptors (Lipinski definition) is 6. The molecule has 3 heterocycles. The van der Waals surface area contributed by atoms with Crippen molar-refractivity contribution < 1.29 is 9.53 Å². The van der Waals surface area contributed by atoms with Gasteiger partial charge in [-0.25, -0.2) is 14.8 Å². The highest BCUT2D eigenvalue weighted by Gasteiger charge is 2.23. The molecule has 0 atom stereocenters. The average Bonchev–Trinajstić information content (AvgIpc) is 3.31. The number of benzene rings is 2. The number of rotatable bonds is 5. The third-order valence-electron chi connectivity index (χ3n) is 5.45. The van der Waals surface area contributed by atoms with Crippen molar-refractivity contribution >= 4 is 39.1 Å². The van der Waals surface area contributed by atoms with Crippen LogP contribution < -0.4 is 20.3 Å². The zero-order chi connectivity index (χ0) is 21.8. The molecular formula is C24H23N5O2S. The quantitative estimate of drug-likeness (QED) is 0.437. The van der Waals surface area contributed by atoms with Crippen molar-refractivity contribution in [2.45, 2.75) is 18.9 Å². The predicted octanol–water partition coefficient (Wildman–Crippen LogP) is 5.27. The molecule has 0 saturated carbocycles. The number of carbonyl (C=O) groups excluding carboxylic acids is 1. The molecule has 1 saturated heterocycles. The van der Waals surface area contributed by atoms with E-state index in [1.54, 1.807) is 17.7 Å². The van der Waals surface area contributed by atoms with Crippen molar-refractivity contribution in [3.8, 4) is 11.5 Å². The summed E-state index contributed by atoms with van der Waals surface area (Å²) in [6.07, 6.45) is 3.36. The highest BCUT2D eigenvalue weighted by Crippen LogP contribution is 2.29. The first-order chi connectivity index (χ1) is 15.7. The number of hydrogen-bond donors (Lipinski definition) is 2. The number of aromatic nitrogens is 2. The Labute approximate surface area is 190 Å². The van der Waals surface area contributed by atoms with Crippen molar-refractivity contribution in [2.24, 2.45) is 0 Å². The topological polar surface area (TPSA) is 79.4 Å². The molecule has 2 amide bonds. The minimum absolute atomic E-state index is 0.132. The first-order valence-corrected chi connectivity index (χ1v) is 11.5. The molecule has 162 valence electrons. The Morgan fingerprint density at radius 1 is 0.969 bits per heavy atom. The van der Waals surface area contributed by atoms with Gasteiger partial charge in [-0.15, -0.1) is 11.3 Å². The number of thiophene rings is 1. The Kier molecular flexibility index (Phi) is 5.85. The Morgan fingerprint density at radius 2 is 1.72 bits per heavy atom. The summed E-state index contributed by atoms with van der Waals surface area (Å²) in [5.74, 6) is 2.49. The van der Waals surface area contributed by atoms with Gasteiger partial charge in [-0.05, 0) is 60.7 Å². The number of piperidine rings is 1. The molecule has 5 rings (SSSR count). The lowest BCUT2D eigenvalue weighted by Gasteiger charge is -2.33. The van der Waals surface area contributed by atoms with Gasteiger partial charge in [-0.1, -0.05) is 18.2 Å². The Balaban J connectivity index is 1.12. The van der Waals surface area contributed by atoms with Gasteiger partial charge in [-0.2, -0.15) is 0 Å². The summed E-state index contributed by atoms with van der Waals surface area (Å²) >= 11 is 1.67. The van der Waals surface area contributed by atoms with Crippen molar-refractivity contribution in [3.05, 3.63) is 72.4 Å². The van der Waals surface area contributed by atoms with E-state index >= 15 is 0 Å². The van der Waals surface area contributed by atoms with Gasteiger partial charge in [0.25, 0.3) is 0 Å². The second-order valence-electron chi connectivity index (χ2n) is 7.63. The van der Waals surface area contributed by atoms with Crippen LogP contribution in [0, 0.1) is 0 Å². The van der Waals surface area contributed by atoms with E-state index in [2.05, 4.69) is 25.5 Å². The molecular weight excluding hydrogens is 422 g/mol. The molecule has 0 radical (unpaired) electrons. The molecule has 0 aliphatic carbocycles. The lowest BCUT2D eigenvalue weighted by atomic mass is 10.1. The zero-order valence-electron chi connectivity index (χ0n) is 17.4. The fourth-order valence-corrected chi connectivity index (χ4v) is 4.68. The van der Waals surface area contributed by atoms with Crippen LogP contribution in [0.5, 0.6) is 11.5 Å². The summed E-state index contributed by atoms with van der Waals surface area (Å²) in [7, 11) is 0. The van der Waals surface area contributed by atoms with Crippen LogP contribution in [-0.4, -0.2) is 35.1 Å². The minimum atomic E-state index is -0.192. The number of anilines is 2. The van der Waals surface area contributed by atoms with Crippen LogP contribution in [0.25, 0.3) is 10.2 Å². The lowest BCUT2D eigenvalue weighted by Crippen LogP contribution is -2.46. The van der Waals surface area contributed by atoms with Crippen LogP contribution >= 0.6 is 11.3 Å². The van der Waals surface area contributed by atoms with Crippen molar-refractivity contribution in [1.29, 1.82) is 0 Å². The fourth-order valence-electron chi connectivity index (χ4n) is 3.82. The third-order valence-corrected chi connectivity index (χ3v) is 6.34. The van der Waals surface area contributed by atoms with Crippen molar-refractivity contribution in [2.75, 3.05) is 23.3 Å². The maximum absolute atomic E-state index is 12.5. The van der Waals surface area contributed by atoms with Crippen LogP contribution in [0.3, 0.4) is 0 Å². The van der Waals surface area contributed by atoms with E-state index in [1.165, 1.54) is 0 Å². The number of ether oxygens (including phenoxy) is 1. The zero-order valence-corrected chi connectivity index (χ0v) is 18.2. The Bertz CT molecular complexity index is 1190. The van der Waals surface area contributed by atoms with Gasteiger partial charge in [-0.3, -0.25) is 0 Å². The van der Waals surface area contributed by atoms with E-state index in [0.29, 0.717) is 0 Å².